The van der Waals surface area contributed by atoms with Gasteiger partial charge in [-0.25, -0.2) is 0 Å². The van der Waals surface area contributed by atoms with Crippen LogP contribution in [0.4, 0.5) is 0 Å². The number of hydrogen-bond acceptors (Lipinski definition) is 2. The molecular formula is C10H20N2. The summed E-state index contributed by atoms with van der Waals surface area (Å²) in [4.78, 5) is 5.14. The molecule has 1 spiro atoms. The van der Waals surface area contributed by atoms with Crippen molar-refractivity contribution >= 4 is 0 Å². The second-order valence-corrected chi connectivity index (χ2v) is 4.71. The van der Waals surface area contributed by atoms with Gasteiger partial charge < -0.3 is 0 Å². The van der Waals surface area contributed by atoms with E-state index in [1.54, 1.807) is 0 Å². The van der Waals surface area contributed by atoms with Crippen LogP contribution in [0.15, 0.2) is 0 Å². The standard InChI is InChI=1S/C10H20N2/c1-9(2)12-7-5-10(8-12)4-6-11(10)3/h9H,4-8H2,1-3H3. The number of likely N-dealkylation sites (N-methyl/N-ethyl adjacent to an activating group) is 1. The molecule has 1 unspecified atom stereocenters. The van der Waals surface area contributed by atoms with E-state index < -0.39 is 0 Å². The number of likely N-dealkylation sites (tertiary alicyclic amines) is 2. The van der Waals surface area contributed by atoms with Crippen molar-refractivity contribution in [2.75, 3.05) is 26.7 Å². The molecule has 2 aliphatic rings. The summed E-state index contributed by atoms with van der Waals surface area (Å²) in [6, 6.07) is 0.735. The van der Waals surface area contributed by atoms with E-state index in [9.17, 15) is 0 Å². The first-order chi connectivity index (χ1) is 5.64. The highest BCUT2D eigenvalue weighted by Crippen LogP contribution is 2.38. The number of nitrogens with zero attached hydrogens (tertiary/aromatic N) is 2. The van der Waals surface area contributed by atoms with Crippen LogP contribution in [0.3, 0.4) is 0 Å². The lowest BCUT2D eigenvalue weighted by Crippen LogP contribution is -2.59. The Balaban J connectivity index is 1.97. The lowest BCUT2D eigenvalue weighted by Gasteiger charge is -2.49. The fourth-order valence-electron chi connectivity index (χ4n) is 2.50. The van der Waals surface area contributed by atoms with Gasteiger partial charge in [-0.1, -0.05) is 0 Å². The van der Waals surface area contributed by atoms with Crippen LogP contribution in [0.1, 0.15) is 26.7 Å². The molecule has 2 saturated heterocycles. The van der Waals surface area contributed by atoms with E-state index in [2.05, 4.69) is 30.7 Å². The molecule has 2 nitrogen and oxygen atoms in total. The van der Waals surface area contributed by atoms with Crippen molar-refractivity contribution in [2.45, 2.75) is 38.3 Å². The second-order valence-electron chi connectivity index (χ2n) is 4.71. The van der Waals surface area contributed by atoms with E-state index in [-0.39, 0.29) is 0 Å². The molecule has 0 aromatic carbocycles. The van der Waals surface area contributed by atoms with Crippen LogP contribution in [0.25, 0.3) is 0 Å². The number of rotatable bonds is 1. The van der Waals surface area contributed by atoms with Crippen molar-refractivity contribution in [3.05, 3.63) is 0 Å². The van der Waals surface area contributed by atoms with E-state index in [1.807, 2.05) is 0 Å². The summed E-state index contributed by atoms with van der Waals surface area (Å²) in [7, 11) is 2.27. The van der Waals surface area contributed by atoms with Crippen molar-refractivity contribution in [1.29, 1.82) is 0 Å². The van der Waals surface area contributed by atoms with Crippen molar-refractivity contribution in [3.8, 4) is 0 Å². The predicted molar refractivity (Wildman–Crippen MR) is 51.3 cm³/mol. The molecule has 0 saturated carbocycles. The molecule has 0 amide bonds. The van der Waals surface area contributed by atoms with Crippen LogP contribution in [-0.2, 0) is 0 Å². The molecule has 0 aromatic rings. The van der Waals surface area contributed by atoms with Gasteiger partial charge in [0.2, 0.25) is 0 Å². The SMILES string of the molecule is CC(C)N1CCC2(CCN2C)C1. The van der Waals surface area contributed by atoms with E-state index in [0.29, 0.717) is 5.54 Å². The Kier molecular flexibility index (Phi) is 1.92. The Labute approximate surface area is 75.5 Å². The first-order valence-corrected chi connectivity index (χ1v) is 5.09. The zero-order chi connectivity index (χ0) is 8.77. The maximum Gasteiger partial charge on any atom is 0.0357 e. The minimum atomic E-state index is 0.588. The van der Waals surface area contributed by atoms with Gasteiger partial charge in [0, 0.05) is 31.2 Å². The fourth-order valence-corrected chi connectivity index (χ4v) is 2.50. The lowest BCUT2D eigenvalue weighted by molar-refractivity contribution is 0.0170. The summed E-state index contributed by atoms with van der Waals surface area (Å²) in [6.07, 6.45) is 2.81. The van der Waals surface area contributed by atoms with Gasteiger partial charge in [-0.05, 0) is 33.7 Å². The molecule has 0 aromatic heterocycles. The highest BCUT2D eigenvalue weighted by atomic mass is 15.3. The van der Waals surface area contributed by atoms with Crippen LogP contribution < -0.4 is 0 Å². The predicted octanol–water partition coefficient (Wildman–Crippen LogP) is 1.17. The third kappa shape index (κ3) is 1.09. The number of hydrogen-bond donors (Lipinski definition) is 0. The summed E-state index contributed by atoms with van der Waals surface area (Å²) < 4.78 is 0. The zero-order valence-corrected chi connectivity index (χ0v) is 8.51. The van der Waals surface area contributed by atoms with Gasteiger partial charge in [0.25, 0.3) is 0 Å². The van der Waals surface area contributed by atoms with Crippen molar-refractivity contribution in [3.63, 3.8) is 0 Å². The van der Waals surface area contributed by atoms with Crippen LogP contribution in [0.2, 0.25) is 0 Å². The lowest BCUT2D eigenvalue weighted by atomic mass is 9.84. The van der Waals surface area contributed by atoms with Gasteiger partial charge in [-0.3, -0.25) is 9.80 Å². The quantitative estimate of drug-likeness (QED) is 0.580. The topological polar surface area (TPSA) is 6.48 Å². The summed E-state index contributed by atoms with van der Waals surface area (Å²) in [5.41, 5.74) is 0.588. The Hall–Kier alpha value is -0.0800. The zero-order valence-electron chi connectivity index (χ0n) is 8.51. The minimum absolute atomic E-state index is 0.588. The molecular weight excluding hydrogens is 148 g/mol. The van der Waals surface area contributed by atoms with Gasteiger partial charge in [0.1, 0.15) is 0 Å². The fraction of sp³-hybridized carbons (Fsp3) is 1.00. The maximum atomic E-state index is 2.61. The third-order valence-electron chi connectivity index (χ3n) is 3.81. The van der Waals surface area contributed by atoms with E-state index in [0.717, 1.165) is 6.04 Å². The normalized spacial score (nSPS) is 38.0. The maximum absolute atomic E-state index is 2.61. The molecule has 1 atom stereocenters. The molecule has 2 heteroatoms. The monoisotopic (exact) mass is 168 g/mol. The Morgan fingerprint density at radius 3 is 2.08 bits per heavy atom. The van der Waals surface area contributed by atoms with Crippen LogP contribution >= 0.6 is 0 Å². The van der Waals surface area contributed by atoms with E-state index in [4.69, 9.17) is 0 Å². The summed E-state index contributed by atoms with van der Waals surface area (Å²) in [5, 5.41) is 0. The Bertz CT molecular complexity index is 179. The van der Waals surface area contributed by atoms with Crippen molar-refractivity contribution in [2.24, 2.45) is 0 Å². The third-order valence-corrected chi connectivity index (χ3v) is 3.81. The Morgan fingerprint density at radius 1 is 1.17 bits per heavy atom. The van der Waals surface area contributed by atoms with Gasteiger partial charge in [0.05, 0.1) is 0 Å². The van der Waals surface area contributed by atoms with E-state index in [1.165, 1.54) is 32.5 Å². The minimum Gasteiger partial charge on any atom is -0.299 e. The highest BCUT2D eigenvalue weighted by Gasteiger charge is 2.47. The molecule has 0 N–H and O–H groups in total. The smallest absolute Gasteiger partial charge is 0.0357 e. The molecule has 2 rings (SSSR count). The van der Waals surface area contributed by atoms with Crippen LogP contribution in [0, 0.1) is 0 Å². The van der Waals surface area contributed by atoms with Gasteiger partial charge in [-0.15, -0.1) is 0 Å². The van der Waals surface area contributed by atoms with Gasteiger partial charge in [-0.2, -0.15) is 0 Å². The summed E-state index contributed by atoms with van der Waals surface area (Å²) in [6.45, 7) is 8.53. The Morgan fingerprint density at radius 2 is 1.83 bits per heavy atom. The molecule has 0 radical (unpaired) electrons. The van der Waals surface area contributed by atoms with Crippen LogP contribution in [0.5, 0.6) is 0 Å². The summed E-state index contributed by atoms with van der Waals surface area (Å²) in [5.74, 6) is 0. The van der Waals surface area contributed by atoms with Crippen molar-refractivity contribution in [1.82, 2.24) is 9.80 Å². The summed E-state index contributed by atoms with van der Waals surface area (Å²) >= 11 is 0. The first-order valence-electron chi connectivity index (χ1n) is 5.09. The van der Waals surface area contributed by atoms with Crippen LogP contribution in [-0.4, -0.2) is 48.1 Å². The molecule has 12 heavy (non-hydrogen) atoms. The largest absolute Gasteiger partial charge is 0.299 e. The van der Waals surface area contributed by atoms with Crippen molar-refractivity contribution < 1.29 is 0 Å². The second kappa shape index (κ2) is 2.71. The average Bonchev–Trinajstić information content (AvgIpc) is 2.48. The molecule has 2 heterocycles. The average molecular weight is 168 g/mol. The molecule has 2 aliphatic heterocycles. The van der Waals surface area contributed by atoms with E-state index >= 15 is 0 Å². The van der Waals surface area contributed by atoms with Gasteiger partial charge >= 0.3 is 0 Å². The molecule has 0 bridgehead atoms. The highest BCUT2D eigenvalue weighted by molar-refractivity contribution is 5.05. The molecule has 0 aliphatic carbocycles. The first kappa shape index (κ1) is 8.52. The molecule has 70 valence electrons. The van der Waals surface area contributed by atoms with Gasteiger partial charge in [0.15, 0.2) is 0 Å². The molecule has 2 fully saturated rings.